The van der Waals surface area contributed by atoms with Gasteiger partial charge in [0.05, 0.1) is 18.7 Å². The standard InChI is InChI=1S/C8H11F3N2O6S.Na/c9-8(10,11)18-4-6-2-1-5-3-12(6)7(14)13(5)19-20(15,16)17;/h5-6H,1-4H2,(H,15,16,17);/q;+1/p-1/t5-,6+;/m1./s1. The van der Waals surface area contributed by atoms with Gasteiger partial charge in [-0.2, -0.15) is 9.35 Å². The second-order valence-corrected chi connectivity index (χ2v) is 5.35. The fraction of sp³-hybridized carbons (Fsp3) is 0.875. The molecule has 2 amide bonds. The number of rotatable bonds is 4. The molecule has 2 heterocycles. The normalized spacial score (nSPS) is 26.0. The van der Waals surface area contributed by atoms with Gasteiger partial charge in [-0.3, -0.25) is 4.74 Å². The van der Waals surface area contributed by atoms with Crippen molar-refractivity contribution < 1.29 is 69.5 Å². The van der Waals surface area contributed by atoms with Crippen molar-refractivity contribution >= 4 is 16.4 Å². The van der Waals surface area contributed by atoms with Crippen LogP contribution in [0.2, 0.25) is 0 Å². The van der Waals surface area contributed by atoms with Crippen LogP contribution in [0.4, 0.5) is 18.0 Å². The van der Waals surface area contributed by atoms with Gasteiger partial charge in [0.1, 0.15) is 0 Å². The van der Waals surface area contributed by atoms with Gasteiger partial charge >= 0.3 is 42.0 Å². The van der Waals surface area contributed by atoms with Crippen LogP contribution in [0, 0.1) is 0 Å². The molecular formula is C8H10F3N2NaO6S. The number of ether oxygens (including phenoxy) is 1. The third kappa shape index (κ3) is 4.94. The van der Waals surface area contributed by atoms with Gasteiger partial charge in [-0.1, -0.05) is 0 Å². The Morgan fingerprint density at radius 3 is 2.48 bits per heavy atom. The van der Waals surface area contributed by atoms with Crippen LogP contribution in [0.1, 0.15) is 12.8 Å². The van der Waals surface area contributed by atoms with Gasteiger partial charge in [-0.25, -0.2) is 13.2 Å². The van der Waals surface area contributed by atoms with E-state index < -0.39 is 41.5 Å². The summed E-state index contributed by atoms with van der Waals surface area (Å²) in [6.45, 7) is -0.764. The van der Waals surface area contributed by atoms with E-state index in [9.17, 15) is 30.9 Å². The van der Waals surface area contributed by atoms with E-state index >= 15 is 0 Å². The van der Waals surface area contributed by atoms with E-state index in [0.29, 0.717) is 5.06 Å². The summed E-state index contributed by atoms with van der Waals surface area (Å²) >= 11 is 0. The summed E-state index contributed by atoms with van der Waals surface area (Å²) in [5.74, 6) is 0. The first kappa shape index (κ1) is 18.9. The molecule has 2 aliphatic heterocycles. The minimum absolute atomic E-state index is 0. The summed E-state index contributed by atoms with van der Waals surface area (Å²) in [7, 11) is -5.11. The summed E-state index contributed by atoms with van der Waals surface area (Å²) in [5.41, 5.74) is 0. The van der Waals surface area contributed by atoms with Gasteiger partial charge in [0, 0.05) is 6.54 Å². The van der Waals surface area contributed by atoms with Gasteiger partial charge in [0.2, 0.25) is 10.4 Å². The molecule has 0 aromatic carbocycles. The molecule has 2 rings (SSSR count). The molecule has 8 nitrogen and oxygen atoms in total. The SMILES string of the molecule is O=C1N2C[C@@H](CC[C@H]2COC(F)(F)F)N1OS(=O)(=O)[O-].[Na+]. The summed E-state index contributed by atoms with van der Waals surface area (Å²) in [5, 5.41) is 0.399. The number of amides is 2. The van der Waals surface area contributed by atoms with Crippen molar-refractivity contribution in [1.29, 1.82) is 0 Å². The van der Waals surface area contributed by atoms with Gasteiger partial charge in [0.25, 0.3) is 0 Å². The number of alkyl halides is 3. The number of piperidine rings is 1. The van der Waals surface area contributed by atoms with Crippen LogP contribution in [0.5, 0.6) is 0 Å². The topological polar surface area (TPSA) is 99.2 Å². The number of hydrogen-bond donors (Lipinski definition) is 0. The fourth-order valence-corrected chi connectivity index (χ4v) is 2.65. The molecule has 0 aromatic rings. The van der Waals surface area contributed by atoms with Crippen LogP contribution < -0.4 is 29.6 Å². The van der Waals surface area contributed by atoms with Crippen LogP contribution in [0.3, 0.4) is 0 Å². The van der Waals surface area contributed by atoms with Crippen molar-refractivity contribution in [2.75, 3.05) is 13.2 Å². The van der Waals surface area contributed by atoms with Crippen molar-refractivity contribution in [3.63, 3.8) is 0 Å². The van der Waals surface area contributed by atoms with Crippen molar-refractivity contribution in [2.45, 2.75) is 31.3 Å². The minimum Gasteiger partial charge on any atom is -0.724 e. The number of hydroxylamine groups is 2. The summed E-state index contributed by atoms with van der Waals surface area (Å²) in [6, 6.07) is -2.47. The average molecular weight is 342 g/mol. The second-order valence-electron chi connectivity index (χ2n) is 4.39. The first-order chi connectivity index (χ1) is 9.07. The third-order valence-electron chi connectivity index (χ3n) is 3.06. The van der Waals surface area contributed by atoms with Gasteiger partial charge in [-0.05, 0) is 12.8 Å². The molecule has 2 atom stereocenters. The Morgan fingerprint density at radius 1 is 1.33 bits per heavy atom. The maximum atomic E-state index is 12.0. The van der Waals surface area contributed by atoms with Crippen LogP contribution in [-0.2, 0) is 19.4 Å². The summed E-state index contributed by atoms with van der Waals surface area (Å²) in [4.78, 5) is 12.8. The monoisotopic (exact) mass is 342 g/mol. The molecule has 116 valence electrons. The average Bonchev–Trinajstić information content (AvgIpc) is 2.51. The Hall–Kier alpha value is -0.110. The maximum Gasteiger partial charge on any atom is 1.00 e. The third-order valence-corrected chi connectivity index (χ3v) is 3.40. The van der Waals surface area contributed by atoms with Crippen LogP contribution >= 0.6 is 0 Å². The Morgan fingerprint density at radius 2 is 1.95 bits per heavy atom. The number of carbonyl (C=O) groups excluding carboxylic acids is 1. The largest absolute Gasteiger partial charge is 1.00 e. The fourth-order valence-electron chi connectivity index (χ4n) is 2.27. The van der Waals surface area contributed by atoms with Gasteiger partial charge in [-0.15, -0.1) is 13.2 Å². The van der Waals surface area contributed by atoms with Crippen molar-refractivity contribution in [2.24, 2.45) is 0 Å². The predicted octanol–water partition coefficient (Wildman–Crippen LogP) is -2.81. The Labute approximate surface area is 140 Å². The summed E-state index contributed by atoms with van der Waals surface area (Å²) < 4.78 is 75.1. The number of fused-ring (bicyclic) bond motifs is 2. The zero-order valence-corrected chi connectivity index (χ0v) is 13.7. The quantitative estimate of drug-likeness (QED) is 0.311. The molecule has 0 unspecified atom stereocenters. The Kier molecular flexibility index (Phi) is 5.92. The molecule has 0 aromatic heterocycles. The zero-order valence-electron chi connectivity index (χ0n) is 10.9. The number of halogens is 3. The molecule has 13 heteroatoms. The molecule has 0 radical (unpaired) electrons. The number of carbonyl (C=O) groups is 1. The maximum absolute atomic E-state index is 12.0. The molecule has 0 aliphatic carbocycles. The smallest absolute Gasteiger partial charge is 0.724 e. The molecular weight excluding hydrogens is 332 g/mol. The van der Waals surface area contributed by atoms with Crippen molar-refractivity contribution in [3.8, 4) is 0 Å². The van der Waals surface area contributed by atoms with E-state index in [1.54, 1.807) is 0 Å². The summed E-state index contributed by atoms with van der Waals surface area (Å²) in [6.07, 6.45) is -4.41. The molecule has 2 fully saturated rings. The van der Waals surface area contributed by atoms with E-state index in [1.165, 1.54) is 0 Å². The number of nitrogens with zero attached hydrogens (tertiary/aromatic N) is 2. The number of hydrogen-bond acceptors (Lipinski definition) is 6. The number of urea groups is 1. The van der Waals surface area contributed by atoms with E-state index in [-0.39, 0.29) is 48.9 Å². The van der Waals surface area contributed by atoms with E-state index in [4.69, 9.17) is 0 Å². The first-order valence-electron chi connectivity index (χ1n) is 5.53. The second kappa shape index (κ2) is 6.56. The Bertz CT molecular complexity index is 501. The van der Waals surface area contributed by atoms with E-state index in [0.717, 1.165) is 4.90 Å². The zero-order chi connectivity index (χ0) is 15.1. The minimum atomic E-state index is -5.11. The molecule has 0 saturated carbocycles. The van der Waals surface area contributed by atoms with Crippen LogP contribution in [0.15, 0.2) is 0 Å². The molecule has 0 spiro atoms. The first-order valence-corrected chi connectivity index (χ1v) is 6.86. The molecule has 2 aliphatic rings. The van der Waals surface area contributed by atoms with Crippen molar-refractivity contribution in [3.05, 3.63) is 0 Å². The predicted molar refractivity (Wildman–Crippen MR) is 53.5 cm³/mol. The molecule has 21 heavy (non-hydrogen) atoms. The molecule has 2 bridgehead atoms. The van der Waals surface area contributed by atoms with Gasteiger partial charge < -0.3 is 9.45 Å². The molecule has 0 N–H and O–H groups in total. The Balaban J connectivity index is 0.00000220. The van der Waals surface area contributed by atoms with Crippen molar-refractivity contribution in [1.82, 2.24) is 9.96 Å². The van der Waals surface area contributed by atoms with E-state index in [1.807, 2.05) is 0 Å². The van der Waals surface area contributed by atoms with Gasteiger partial charge in [0.15, 0.2) is 0 Å². The molecule has 2 saturated heterocycles. The van der Waals surface area contributed by atoms with Crippen LogP contribution in [-0.4, -0.2) is 60.6 Å². The van der Waals surface area contributed by atoms with E-state index in [2.05, 4.69) is 9.02 Å². The van der Waals surface area contributed by atoms with Crippen LogP contribution in [0.25, 0.3) is 0 Å².